The van der Waals surface area contributed by atoms with Crippen molar-refractivity contribution in [2.24, 2.45) is 5.92 Å². The predicted octanol–water partition coefficient (Wildman–Crippen LogP) is 4.51. The van der Waals surface area contributed by atoms with Crippen LogP contribution in [-0.2, 0) is 11.4 Å². The number of ether oxygens (including phenoxy) is 1. The van der Waals surface area contributed by atoms with Gasteiger partial charge in [-0.1, -0.05) is 12.1 Å². The summed E-state index contributed by atoms with van der Waals surface area (Å²) in [5.41, 5.74) is 3.52. The van der Waals surface area contributed by atoms with E-state index in [9.17, 15) is 9.59 Å². The number of benzene rings is 2. The molecule has 0 bridgehead atoms. The molecule has 0 aliphatic heterocycles. The lowest BCUT2D eigenvalue weighted by atomic mass is 10.2. The minimum Gasteiger partial charge on any atom is -0.487 e. The van der Waals surface area contributed by atoms with Gasteiger partial charge in [-0.2, -0.15) is 0 Å². The number of carbonyl (C=O) groups excluding carboxylic acids is 2. The molecule has 2 heterocycles. The van der Waals surface area contributed by atoms with E-state index in [4.69, 9.17) is 4.74 Å². The smallest absolute Gasteiger partial charge is 0.255 e. The van der Waals surface area contributed by atoms with Crippen LogP contribution in [-0.4, -0.2) is 21.2 Å². The molecular formula is C25H22N4O3. The molecule has 1 saturated carbocycles. The van der Waals surface area contributed by atoms with Crippen LogP contribution < -0.4 is 15.4 Å². The molecule has 2 aromatic carbocycles. The van der Waals surface area contributed by atoms with Crippen molar-refractivity contribution in [1.82, 2.24) is 9.38 Å². The van der Waals surface area contributed by atoms with E-state index in [0.717, 1.165) is 24.2 Å². The number of hydrogen-bond acceptors (Lipinski definition) is 4. The van der Waals surface area contributed by atoms with E-state index in [1.165, 1.54) is 0 Å². The molecule has 5 rings (SSSR count). The fourth-order valence-electron chi connectivity index (χ4n) is 3.38. The summed E-state index contributed by atoms with van der Waals surface area (Å²) in [4.78, 5) is 29.0. The van der Waals surface area contributed by atoms with Crippen LogP contribution in [0.1, 0.15) is 28.9 Å². The Bertz CT molecular complexity index is 1240. The average molecular weight is 426 g/mol. The number of aromatic nitrogens is 2. The van der Waals surface area contributed by atoms with Gasteiger partial charge in [0.1, 0.15) is 18.0 Å². The number of nitrogens with one attached hydrogen (secondary N) is 2. The van der Waals surface area contributed by atoms with Crippen molar-refractivity contribution in [3.63, 3.8) is 0 Å². The third kappa shape index (κ3) is 4.62. The zero-order valence-electron chi connectivity index (χ0n) is 17.3. The number of fused-ring (bicyclic) bond motifs is 1. The highest BCUT2D eigenvalue weighted by Crippen LogP contribution is 2.30. The Morgan fingerprint density at radius 3 is 2.59 bits per heavy atom. The largest absolute Gasteiger partial charge is 0.487 e. The molecule has 1 aliphatic rings. The zero-order valence-corrected chi connectivity index (χ0v) is 17.3. The number of pyridine rings is 1. The lowest BCUT2D eigenvalue weighted by molar-refractivity contribution is -0.117. The summed E-state index contributed by atoms with van der Waals surface area (Å²) in [6, 6.07) is 19.9. The molecule has 1 aliphatic carbocycles. The second-order valence-corrected chi connectivity index (χ2v) is 7.81. The van der Waals surface area contributed by atoms with Gasteiger partial charge in [0.25, 0.3) is 5.91 Å². The Morgan fingerprint density at radius 1 is 0.969 bits per heavy atom. The van der Waals surface area contributed by atoms with Crippen molar-refractivity contribution in [1.29, 1.82) is 0 Å². The summed E-state index contributed by atoms with van der Waals surface area (Å²) < 4.78 is 7.80. The molecule has 4 aromatic rings. The Kier molecular flexibility index (Phi) is 5.29. The zero-order chi connectivity index (χ0) is 21.9. The highest BCUT2D eigenvalue weighted by atomic mass is 16.5. The van der Waals surface area contributed by atoms with Crippen LogP contribution >= 0.6 is 0 Å². The van der Waals surface area contributed by atoms with Gasteiger partial charge in [0.15, 0.2) is 0 Å². The van der Waals surface area contributed by atoms with Crippen molar-refractivity contribution in [2.45, 2.75) is 19.4 Å². The minimum absolute atomic E-state index is 0.0441. The summed E-state index contributed by atoms with van der Waals surface area (Å²) in [5.74, 6) is 0.586. The molecule has 1 fully saturated rings. The lowest BCUT2D eigenvalue weighted by Gasteiger charge is -2.09. The quantitative estimate of drug-likeness (QED) is 0.455. The van der Waals surface area contributed by atoms with Crippen molar-refractivity contribution in [3.05, 3.63) is 90.4 Å². The highest BCUT2D eigenvalue weighted by Gasteiger charge is 2.29. The third-order valence-electron chi connectivity index (χ3n) is 5.26. The maximum atomic E-state index is 12.6. The standard InChI is InChI=1S/C25H22N4O3/c30-24(17-7-8-17)27-19-11-9-18(10-12-19)25(31)28-20-4-3-5-22(14-20)32-16-21-15-29-13-2-1-6-23(29)26-21/h1-6,9-15,17H,7-8,16H2,(H,27,30)(H,28,31). The van der Waals surface area contributed by atoms with Crippen LogP contribution in [0, 0.1) is 5.92 Å². The molecular weight excluding hydrogens is 404 g/mol. The minimum atomic E-state index is -0.234. The highest BCUT2D eigenvalue weighted by molar-refractivity contribution is 6.04. The number of hydrogen-bond donors (Lipinski definition) is 2. The fourth-order valence-corrected chi connectivity index (χ4v) is 3.38. The first kappa shape index (κ1) is 19.8. The first-order chi connectivity index (χ1) is 15.6. The maximum absolute atomic E-state index is 12.6. The SMILES string of the molecule is O=C(Nc1cccc(OCc2cn3ccccc3n2)c1)c1ccc(NC(=O)C2CC2)cc1. The maximum Gasteiger partial charge on any atom is 0.255 e. The summed E-state index contributed by atoms with van der Waals surface area (Å²) in [6.07, 6.45) is 5.77. The summed E-state index contributed by atoms with van der Waals surface area (Å²) in [5, 5.41) is 5.75. The Balaban J connectivity index is 1.19. The van der Waals surface area contributed by atoms with E-state index < -0.39 is 0 Å². The molecule has 0 spiro atoms. The topological polar surface area (TPSA) is 84.7 Å². The molecule has 7 nitrogen and oxygen atoms in total. The third-order valence-corrected chi connectivity index (χ3v) is 5.26. The van der Waals surface area contributed by atoms with E-state index in [0.29, 0.717) is 29.3 Å². The molecule has 2 amide bonds. The number of nitrogens with zero attached hydrogens (tertiary/aromatic N) is 2. The predicted molar refractivity (Wildman–Crippen MR) is 122 cm³/mol. The number of amides is 2. The molecule has 0 radical (unpaired) electrons. The van der Waals surface area contributed by atoms with Crippen LogP contribution in [0.4, 0.5) is 11.4 Å². The Morgan fingerprint density at radius 2 is 1.81 bits per heavy atom. The molecule has 0 unspecified atom stereocenters. The summed E-state index contributed by atoms with van der Waals surface area (Å²) in [6.45, 7) is 0.327. The molecule has 7 heteroatoms. The van der Waals surface area contributed by atoms with Crippen molar-refractivity contribution in [2.75, 3.05) is 10.6 Å². The van der Waals surface area contributed by atoms with Gasteiger partial charge >= 0.3 is 0 Å². The molecule has 2 N–H and O–H groups in total. The number of rotatable bonds is 7. The first-order valence-corrected chi connectivity index (χ1v) is 10.5. The van der Waals surface area contributed by atoms with Crippen LogP contribution in [0.15, 0.2) is 79.1 Å². The molecule has 2 aromatic heterocycles. The van der Waals surface area contributed by atoms with E-state index in [-0.39, 0.29) is 17.7 Å². The number of anilines is 2. The lowest BCUT2D eigenvalue weighted by Crippen LogP contribution is -2.14. The van der Waals surface area contributed by atoms with Gasteiger partial charge in [-0.05, 0) is 61.4 Å². The monoisotopic (exact) mass is 426 g/mol. The van der Waals surface area contributed by atoms with Gasteiger partial charge in [-0.15, -0.1) is 0 Å². The van der Waals surface area contributed by atoms with Crippen LogP contribution in [0.5, 0.6) is 5.75 Å². The van der Waals surface area contributed by atoms with Gasteiger partial charge in [0, 0.05) is 41.3 Å². The van der Waals surface area contributed by atoms with Crippen molar-refractivity contribution < 1.29 is 14.3 Å². The van der Waals surface area contributed by atoms with Crippen LogP contribution in [0.2, 0.25) is 0 Å². The van der Waals surface area contributed by atoms with E-state index >= 15 is 0 Å². The van der Waals surface area contributed by atoms with Gasteiger partial charge in [0.05, 0.1) is 5.69 Å². The first-order valence-electron chi connectivity index (χ1n) is 10.5. The van der Waals surface area contributed by atoms with Gasteiger partial charge in [0.2, 0.25) is 5.91 Å². The molecule has 32 heavy (non-hydrogen) atoms. The molecule has 0 atom stereocenters. The van der Waals surface area contributed by atoms with E-state index in [2.05, 4.69) is 15.6 Å². The van der Waals surface area contributed by atoms with Crippen LogP contribution in [0.25, 0.3) is 5.65 Å². The normalized spacial score (nSPS) is 13.0. The van der Waals surface area contributed by atoms with Crippen LogP contribution in [0.3, 0.4) is 0 Å². The van der Waals surface area contributed by atoms with E-state index in [1.54, 1.807) is 36.4 Å². The molecule has 0 saturated heterocycles. The van der Waals surface area contributed by atoms with Gasteiger partial charge in [-0.3, -0.25) is 9.59 Å². The van der Waals surface area contributed by atoms with Gasteiger partial charge < -0.3 is 19.8 Å². The number of carbonyl (C=O) groups is 2. The fraction of sp³-hybridized carbons (Fsp3) is 0.160. The number of imidazole rings is 1. The molecule has 160 valence electrons. The second-order valence-electron chi connectivity index (χ2n) is 7.81. The van der Waals surface area contributed by atoms with Gasteiger partial charge in [-0.25, -0.2) is 4.98 Å². The van der Waals surface area contributed by atoms with Crippen molar-refractivity contribution >= 4 is 28.8 Å². The Hall–Kier alpha value is -4.13. The average Bonchev–Trinajstić information content (AvgIpc) is 3.58. The second kappa shape index (κ2) is 8.55. The van der Waals surface area contributed by atoms with Crippen molar-refractivity contribution in [3.8, 4) is 5.75 Å². The van der Waals surface area contributed by atoms with E-state index in [1.807, 2.05) is 47.1 Å². The Labute approximate surface area is 185 Å². The summed E-state index contributed by atoms with van der Waals surface area (Å²) in [7, 11) is 0. The summed E-state index contributed by atoms with van der Waals surface area (Å²) >= 11 is 0.